The number of nitrogens with one attached hydrogen (secondary N) is 1. The molecule has 0 radical (unpaired) electrons. The number of hydrogen-bond donors (Lipinski definition) is 1. The first-order valence-corrected chi connectivity index (χ1v) is 5.91. The molecule has 0 fully saturated rings. The molecule has 2 heteroatoms. The molecule has 0 aliphatic heterocycles. The first-order chi connectivity index (χ1) is 7.74. The van der Waals surface area contributed by atoms with Crippen LogP contribution in [0, 0.1) is 13.8 Å². The van der Waals surface area contributed by atoms with Crippen molar-refractivity contribution in [3.8, 4) is 0 Å². The van der Waals surface area contributed by atoms with Gasteiger partial charge in [-0.05, 0) is 37.9 Å². The highest BCUT2D eigenvalue weighted by Crippen LogP contribution is 2.26. The van der Waals surface area contributed by atoms with E-state index in [-0.39, 0.29) is 0 Å². The van der Waals surface area contributed by atoms with Gasteiger partial charge in [0.25, 0.3) is 0 Å². The van der Waals surface area contributed by atoms with E-state index in [1.54, 1.807) is 0 Å². The lowest BCUT2D eigenvalue weighted by Gasteiger charge is -2.02. The van der Waals surface area contributed by atoms with E-state index in [1.165, 1.54) is 22.1 Å². The molecule has 0 aliphatic rings. The van der Waals surface area contributed by atoms with E-state index in [4.69, 9.17) is 4.42 Å². The van der Waals surface area contributed by atoms with E-state index >= 15 is 0 Å². The molecule has 2 nitrogen and oxygen atoms in total. The fourth-order valence-corrected chi connectivity index (χ4v) is 1.93. The zero-order valence-electron chi connectivity index (χ0n) is 10.3. The number of rotatable bonds is 4. The van der Waals surface area contributed by atoms with Crippen LogP contribution < -0.4 is 5.32 Å². The number of aryl methyl sites for hydroxylation is 2. The fourth-order valence-electron chi connectivity index (χ4n) is 1.93. The van der Waals surface area contributed by atoms with Crippen molar-refractivity contribution in [3.05, 3.63) is 35.1 Å². The minimum absolute atomic E-state index is 0.892. The highest BCUT2D eigenvalue weighted by atomic mass is 16.3. The second-order valence-corrected chi connectivity index (χ2v) is 4.32. The first kappa shape index (κ1) is 11.2. The van der Waals surface area contributed by atoms with Crippen LogP contribution in [0.2, 0.25) is 0 Å². The Labute approximate surface area is 96.6 Å². The SMILES string of the molecule is CCCNCc1coc2c(C)c(C)ccc12. The molecule has 0 bridgehead atoms. The number of fused-ring (bicyclic) bond motifs is 1. The van der Waals surface area contributed by atoms with Crippen LogP contribution in [-0.4, -0.2) is 6.54 Å². The summed E-state index contributed by atoms with van der Waals surface area (Å²) in [5, 5.41) is 4.65. The van der Waals surface area contributed by atoms with Gasteiger partial charge in [0.1, 0.15) is 5.58 Å². The largest absolute Gasteiger partial charge is 0.464 e. The van der Waals surface area contributed by atoms with E-state index in [0.29, 0.717) is 0 Å². The highest BCUT2D eigenvalue weighted by molar-refractivity contribution is 5.84. The lowest BCUT2D eigenvalue weighted by atomic mass is 10.1. The van der Waals surface area contributed by atoms with E-state index < -0.39 is 0 Å². The van der Waals surface area contributed by atoms with Crippen LogP contribution in [0.5, 0.6) is 0 Å². The van der Waals surface area contributed by atoms with Crippen molar-refractivity contribution in [1.29, 1.82) is 0 Å². The zero-order chi connectivity index (χ0) is 11.5. The summed E-state index contributed by atoms with van der Waals surface area (Å²) in [7, 11) is 0. The van der Waals surface area contributed by atoms with Crippen molar-refractivity contribution in [1.82, 2.24) is 5.32 Å². The third-order valence-electron chi connectivity index (χ3n) is 3.08. The standard InChI is InChI=1S/C14H19NO/c1-4-7-15-8-12-9-16-14-11(3)10(2)5-6-13(12)14/h5-6,9,15H,4,7-8H2,1-3H3. The van der Waals surface area contributed by atoms with Crippen molar-refractivity contribution in [2.75, 3.05) is 6.54 Å². The predicted molar refractivity (Wildman–Crippen MR) is 67.7 cm³/mol. The smallest absolute Gasteiger partial charge is 0.137 e. The maximum absolute atomic E-state index is 5.65. The van der Waals surface area contributed by atoms with Gasteiger partial charge >= 0.3 is 0 Å². The van der Waals surface area contributed by atoms with Gasteiger partial charge in [0, 0.05) is 17.5 Å². The predicted octanol–water partition coefficient (Wildman–Crippen LogP) is 3.55. The molecule has 1 N–H and O–H groups in total. The van der Waals surface area contributed by atoms with Gasteiger partial charge in [-0.3, -0.25) is 0 Å². The zero-order valence-corrected chi connectivity index (χ0v) is 10.3. The summed E-state index contributed by atoms with van der Waals surface area (Å²) in [5.74, 6) is 0. The fraction of sp³-hybridized carbons (Fsp3) is 0.429. The van der Waals surface area contributed by atoms with Gasteiger partial charge in [0.05, 0.1) is 6.26 Å². The van der Waals surface area contributed by atoms with Crippen molar-refractivity contribution in [3.63, 3.8) is 0 Å². The average Bonchev–Trinajstić information content (AvgIpc) is 2.68. The second kappa shape index (κ2) is 4.71. The summed E-state index contributed by atoms with van der Waals surface area (Å²) in [6.07, 6.45) is 3.04. The molecular formula is C14H19NO. The maximum atomic E-state index is 5.65. The van der Waals surface area contributed by atoms with Crippen LogP contribution in [0.4, 0.5) is 0 Å². The van der Waals surface area contributed by atoms with Crippen LogP contribution in [-0.2, 0) is 6.54 Å². The number of hydrogen-bond acceptors (Lipinski definition) is 2. The molecule has 0 amide bonds. The van der Waals surface area contributed by atoms with Gasteiger partial charge in [-0.25, -0.2) is 0 Å². The van der Waals surface area contributed by atoms with Crippen molar-refractivity contribution < 1.29 is 4.42 Å². The molecular weight excluding hydrogens is 198 g/mol. The summed E-state index contributed by atoms with van der Waals surface area (Å²) in [4.78, 5) is 0. The first-order valence-electron chi connectivity index (χ1n) is 5.91. The number of furan rings is 1. The van der Waals surface area contributed by atoms with Crippen molar-refractivity contribution >= 4 is 11.0 Å². The van der Waals surface area contributed by atoms with Crippen LogP contribution in [0.1, 0.15) is 30.0 Å². The second-order valence-electron chi connectivity index (χ2n) is 4.32. The van der Waals surface area contributed by atoms with E-state index in [0.717, 1.165) is 25.1 Å². The molecule has 1 aromatic heterocycles. The lowest BCUT2D eigenvalue weighted by Crippen LogP contribution is -2.13. The van der Waals surface area contributed by atoms with Gasteiger partial charge in [-0.1, -0.05) is 19.1 Å². The van der Waals surface area contributed by atoms with Gasteiger partial charge < -0.3 is 9.73 Å². The van der Waals surface area contributed by atoms with Crippen LogP contribution >= 0.6 is 0 Å². The molecule has 0 unspecified atom stereocenters. The lowest BCUT2D eigenvalue weighted by molar-refractivity contribution is 0.599. The Morgan fingerprint density at radius 2 is 2.06 bits per heavy atom. The van der Waals surface area contributed by atoms with Gasteiger partial charge in [-0.2, -0.15) is 0 Å². The molecule has 2 rings (SSSR count). The van der Waals surface area contributed by atoms with E-state index in [2.05, 4.69) is 38.2 Å². The summed E-state index contributed by atoms with van der Waals surface area (Å²) < 4.78 is 5.65. The minimum atomic E-state index is 0.892. The normalized spacial score (nSPS) is 11.2. The van der Waals surface area contributed by atoms with Crippen LogP contribution in [0.3, 0.4) is 0 Å². The van der Waals surface area contributed by atoms with Gasteiger partial charge in [-0.15, -0.1) is 0 Å². The summed E-state index contributed by atoms with van der Waals surface area (Å²) >= 11 is 0. The molecule has 86 valence electrons. The van der Waals surface area contributed by atoms with Gasteiger partial charge in [0.2, 0.25) is 0 Å². The molecule has 16 heavy (non-hydrogen) atoms. The molecule has 0 spiro atoms. The third-order valence-corrected chi connectivity index (χ3v) is 3.08. The monoisotopic (exact) mass is 217 g/mol. The quantitative estimate of drug-likeness (QED) is 0.792. The Bertz CT molecular complexity index is 485. The highest BCUT2D eigenvalue weighted by Gasteiger charge is 2.08. The van der Waals surface area contributed by atoms with Crippen LogP contribution in [0.15, 0.2) is 22.8 Å². The molecule has 0 saturated heterocycles. The molecule has 0 atom stereocenters. The average molecular weight is 217 g/mol. The third kappa shape index (κ3) is 1.98. The summed E-state index contributed by atoms with van der Waals surface area (Å²) in [6, 6.07) is 4.32. The Balaban J connectivity index is 2.31. The van der Waals surface area contributed by atoms with Crippen LogP contribution in [0.25, 0.3) is 11.0 Å². The molecule has 1 heterocycles. The molecule has 1 aromatic carbocycles. The van der Waals surface area contributed by atoms with E-state index in [1.807, 2.05) is 6.26 Å². The number of benzene rings is 1. The molecule has 0 aliphatic carbocycles. The Morgan fingerprint density at radius 1 is 1.25 bits per heavy atom. The van der Waals surface area contributed by atoms with Crippen molar-refractivity contribution in [2.24, 2.45) is 0 Å². The van der Waals surface area contributed by atoms with Crippen molar-refractivity contribution in [2.45, 2.75) is 33.7 Å². The Hall–Kier alpha value is -1.28. The Morgan fingerprint density at radius 3 is 2.81 bits per heavy atom. The maximum Gasteiger partial charge on any atom is 0.137 e. The summed E-state index contributed by atoms with van der Waals surface area (Å²) in [5.41, 5.74) is 4.83. The molecule has 0 saturated carbocycles. The molecule has 2 aromatic rings. The summed E-state index contributed by atoms with van der Waals surface area (Å²) in [6.45, 7) is 8.35. The van der Waals surface area contributed by atoms with Gasteiger partial charge in [0.15, 0.2) is 0 Å². The Kier molecular flexibility index (Phi) is 3.30. The topological polar surface area (TPSA) is 25.2 Å². The minimum Gasteiger partial charge on any atom is -0.464 e. The van der Waals surface area contributed by atoms with E-state index in [9.17, 15) is 0 Å².